The topological polar surface area (TPSA) is 12.0 Å². The lowest BCUT2D eigenvalue weighted by Crippen LogP contribution is -2.44. The van der Waals surface area contributed by atoms with Crippen molar-refractivity contribution in [2.45, 2.75) is 53.0 Å². The number of nitrogens with one attached hydrogen (secondary N) is 1. The molecule has 0 aromatic heterocycles. The molecule has 0 fully saturated rings. The molecule has 1 nitrogen and oxygen atoms in total. The third-order valence-corrected chi connectivity index (χ3v) is 3.87. The molecule has 17 heavy (non-hydrogen) atoms. The van der Waals surface area contributed by atoms with Crippen molar-refractivity contribution < 1.29 is 0 Å². The van der Waals surface area contributed by atoms with Crippen LogP contribution in [0.1, 0.15) is 46.1 Å². The molecule has 94 valence electrons. The summed E-state index contributed by atoms with van der Waals surface area (Å²) in [7, 11) is 0. The summed E-state index contributed by atoms with van der Waals surface area (Å²) in [6.07, 6.45) is 3.84. The van der Waals surface area contributed by atoms with Gasteiger partial charge in [-0.1, -0.05) is 52.3 Å². The summed E-state index contributed by atoms with van der Waals surface area (Å²) in [6, 6.07) is 9.37. The zero-order chi connectivity index (χ0) is 12.5. The van der Waals surface area contributed by atoms with Crippen molar-refractivity contribution >= 4 is 5.69 Å². The molecule has 0 aliphatic carbocycles. The molecule has 1 N–H and O–H groups in total. The van der Waals surface area contributed by atoms with Gasteiger partial charge < -0.3 is 5.32 Å². The van der Waals surface area contributed by atoms with Crippen LogP contribution in [0.25, 0.3) is 0 Å². The Hall–Kier alpha value is -0.980. The quantitative estimate of drug-likeness (QED) is 0.791. The van der Waals surface area contributed by atoms with Crippen molar-refractivity contribution in [1.29, 1.82) is 0 Å². The normalized spacial score (nSPS) is 24.0. The minimum atomic E-state index is 0.327. The summed E-state index contributed by atoms with van der Waals surface area (Å²) in [4.78, 5) is 0. The fraction of sp³-hybridized carbons (Fsp3) is 0.625. The molecule has 0 saturated heterocycles. The van der Waals surface area contributed by atoms with Gasteiger partial charge >= 0.3 is 0 Å². The van der Waals surface area contributed by atoms with E-state index in [1.165, 1.54) is 30.5 Å². The fourth-order valence-electron chi connectivity index (χ4n) is 3.09. The van der Waals surface area contributed by atoms with Crippen molar-refractivity contribution in [3.8, 4) is 0 Å². The summed E-state index contributed by atoms with van der Waals surface area (Å²) >= 11 is 0. The van der Waals surface area contributed by atoms with E-state index in [0.717, 1.165) is 5.92 Å². The van der Waals surface area contributed by atoms with Gasteiger partial charge in [-0.3, -0.25) is 0 Å². The first-order chi connectivity index (χ1) is 8.02. The van der Waals surface area contributed by atoms with Gasteiger partial charge in [0.25, 0.3) is 0 Å². The number of anilines is 1. The van der Waals surface area contributed by atoms with Gasteiger partial charge in [0.1, 0.15) is 0 Å². The SMILES string of the molecule is CCC[C@@H]1Cc2ccccc2N[C@@H]1C(C)(C)C. The summed E-state index contributed by atoms with van der Waals surface area (Å²) in [5.74, 6) is 0.773. The van der Waals surface area contributed by atoms with Gasteiger partial charge in [-0.05, 0) is 35.8 Å². The highest BCUT2D eigenvalue weighted by Crippen LogP contribution is 2.38. The van der Waals surface area contributed by atoms with Crippen molar-refractivity contribution in [1.82, 2.24) is 0 Å². The first kappa shape index (κ1) is 12.5. The third-order valence-electron chi connectivity index (χ3n) is 3.87. The molecule has 0 bridgehead atoms. The minimum absolute atomic E-state index is 0.327. The fourth-order valence-corrected chi connectivity index (χ4v) is 3.09. The predicted octanol–water partition coefficient (Wildman–Crippen LogP) is 4.49. The van der Waals surface area contributed by atoms with E-state index in [-0.39, 0.29) is 0 Å². The van der Waals surface area contributed by atoms with E-state index < -0.39 is 0 Å². The summed E-state index contributed by atoms with van der Waals surface area (Å²) in [5.41, 5.74) is 3.17. The lowest BCUT2D eigenvalue weighted by molar-refractivity contribution is 0.236. The van der Waals surface area contributed by atoms with Crippen LogP contribution in [0.5, 0.6) is 0 Å². The summed E-state index contributed by atoms with van der Waals surface area (Å²) in [5, 5.41) is 3.77. The van der Waals surface area contributed by atoms with Crippen molar-refractivity contribution in [2.75, 3.05) is 5.32 Å². The van der Waals surface area contributed by atoms with Crippen LogP contribution >= 0.6 is 0 Å². The van der Waals surface area contributed by atoms with Gasteiger partial charge in [0.2, 0.25) is 0 Å². The molecule has 1 aliphatic rings. The van der Waals surface area contributed by atoms with Gasteiger partial charge in [-0.15, -0.1) is 0 Å². The van der Waals surface area contributed by atoms with Gasteiger partial charge in [-0.2, -0.15) is 0 Å². The molecule has 1 aromatic rings. The Bertz CT molecular complexity index is 375. The van der Waals surface area contributed by atoms with Crippen LogP contribution in [-0.2, 0) is 6.42 Å². The Kier molecular flexibility index (Phi) is 3.46. The smallest absolute Gasteiger partial charge is 0.0375 e. The van der Waals surface area contributed by atoms with Crippen LogP contribution in [0.2, 0.25) is 0 Å². The number of rotatable bonds is 2. The molecule has 1 aliphatic heterocycles. The van der Waals surface area contributed by atoms with E-state index in [9.17, 15) is 0 Å². The molecule has 0 saturated carbocycles. The largest absolute Gasteiger partial charge is 0.381 e. The zero-order valence-corrected chi connectivity index (χ0v) is 11.6. The van der Waals surface area contributed by atoms with E-state index in [1.807, 2.05) is 0 Å². The van der Waals surface area contributed by atoms with Crippen LogP contribution in [0.4, 0.5) is 5.69 Å². The molecule has 0 spiro atoms. The highest BCUT2D eigenvalue weighted by atomic mass is 15.0. The van der Waals surface area contributed by atoms with Gasteiger partial charge in [0, 0.05) is 11.7 Å². The summed E-state index contributed by atoms with van der Waals surface area (Å²) in [6.45, 7) is 9.34. The van der Waals surface area contributed by atoms with Gasteiger partial charge in [0.15, 0.2) is 0 Å². The molecular formula is C16H25N. The van der Waals surface area contributed by atoms with E-state index in [0.29, 0.717) is 11.5 Å². The number of hydrogen-bond acceptors (Lipinski definition) is 1. The van der Waals surface area contributed by atoms with Gasteiger partial charge in [0.05, 0.1) is 0 Å². The van der Waals surface area contributed by atoms with Crippen LogP contribution in [0.3, 0.4) is 0 Å². The Morgan fingerprint density at radius 1 is 1.24 bits per heavy atom. The second-order valence-corrected chi connectivity index (χ2v) is 6.40. The van der Waals surface area contributed by atoms with Crippen LogP contribution < -0.4 is 5.32 Å². The Labute approximate surface area is 106 Å². The molecule has 0 radical (unpaired) electrons. The van der Waals surface area contributed by atoms with Crippen LogP contribution in [0.15, 0.2) is 24.3 Å². The lowest BCUT2D eigenvalue weighted by atomic mass is 9.72. The average Bonchev–Trinajstić information content (AvgIpc) is 2.27. The molecule has 2 rings (SSSR count). The molecular weight excluding hydrogens is 206 g/mol. The van der Waals surface area contributed by atoms with E-state index in [2.05, 4.69) is 57.3 Å². The second-order valence-electron chi connectivity index (χ2n) is 6.40. The Morgan fingerprint density at radius 3 is 2.59 bits per heavy atom. The number of fused-ring (bicyclic) bond motifs is 1. The van der Waals surface area contributed by atoms with Crippen molar-refractivity contribution in [3.63, 3.8) is 0 Å². The first-order valence-electron chi connectivity index (χ1n) is 6.87. The summed E-state index contributed by atoms with van der Waals surface area (Å²) < 4.78 is 0. The number of hydrogen-bond donors (Lipinski definition) is 1. The van der Waals surface area contributed by atoms with Crippen molar-refractivity contribution in [3.05, 3.63) is 29.8 Å². The Morgan fingerprint density at radius 2 is 1.94 bits per heavy atom. The van der Waals surface area contributed by atoms with E-state index in [1.54, 1.807) is 0 Å². The second kappa shape index (κ2) is 4.72. The molecule has 1 heteroatoms. The standard InChI is InChI=1S/C16H25N/c1-5-8-13-11-12-9-6-7-10-14(12)17-15(13)16(2,3)4/h6-7,9-10,13,15,17H,5,8,11H2,1-4H3/t13-,15+/m1/s1. The monoisotopic (exact) mass is 231 g/mol. The van der Waals surface area contributed by atoms with E-state index in [4.69, 9.17) is 0 Å². The molecule has 0 amide bonds. The van der Waals surface area contributed by atoms with Crippen LogP contribution in [-0.4, -0.2) is 6.04 Å². The molecule has 1 heterocycles. The lowest BCUT2D eigenvalue weighted by Gasteiger charge is -2.42. The number of para-hydroxylation sites is 1. The Balaban J connectivity index is 2.28. The maximum atomic E-state index is 3.77. The average molecular weight is 231 g/mol. The highest BCUT2D eigenvalue weighted by molar-refractivity contribution is 5.54. The van der Waals surface area contributed by atoms with Crippen molar-refractivity contribution in [2.24, 2.45) is 11.3 Å². The molecule has 0 unspecified atom stereocenters. The molecule has 2 atom stereocenters. The van der Waals surface area contributed by atoms with Crippen LogP contribution in [0, 0.1) is 11.3 Å². The third kappa shape index (κ3) is 2.65. The minimum Gasteiger partial charge on any atom is -0.381 e. The first-order valence-corrected chi connectivity index (χ1v) is 6.87. The maximum Gasteiger partial charge on any atom is 0.0375 e. The number of benzene rings is 1. The molecule has 1 aromatic carbocycles. The highest BCUT2D eigenvalue weighted by Gasteiger charge is 2.35. The predicted molar refractivity (Wildman–Crippen MR) is 75.4 cm³/mol. The van der Waals surface area contributed by atoms with E-state index >= 15 is 0 Å². The maximum absolute atomic E-state index is 3.77. The zero-order valence-electron chi connectivity index (χ0n) is 11.6. The van der Waals surface area contributed by atoms with Gasteiger partial charge in [-0.25, -0.2) is 0 Å².